The standard InChI is InChI=1S/C23H19N3O3S2/c1-23(16-7-5-15-11-18(29-2)8-6-14(15)10-16)21(27)26(22(28)25-23)12-17-13-31-20(24-17)19-4-3-9-30-19/h3-11,13H,12H2,1-2H3,(H,25,28)/t23-/m0/s1. The lowest BCUT2D eigenvalue weighted by Gasteiger charge is -2.22. The first-order valence-electron chi connectivity index (χ1n) is 9.68. The fraction of sp³-hybridized carbons (Fsp3) is 0.174. The van der Waals surface area contributed by atoms with Gasteiger partial charge in [-0.05, 0) is 52.9 Å². The van der Waals surface area contributed by atoms with Gasteiger partial charge in [-0.15, -0.1) is 22.7 Å². The van der Waals surface area contributed by atoms with E-state index in [2.05, 4.69) is 10.3 Å². The van der Waals surface area contributed by atoms with Crippen LogP contribution in [0.2, 0.25) is 0 Å². The lowest BCUT2D eigenvalue weighted by Crippen LogP contribution is -2.40. The van der Waals surface area contributed by atoms with Crippen molar-refractivity contribution in [2.45, 2.75) is 19.0 Å². The molecule has 5 rings (SSSR count). The highest BCUT2D eigenvalue weighted by molar-refractivity contribution is 7.20. The van der Waals surface area contributed by atoms with Crippen molar-refractivity contribution in [3.05, 3.63) is 70.5 Å². The zero-order chi connectivity index (χ0) is 21.6. The summed E-state index contributed by atoms with van der Waals surface area (Å²) >= 11 is 3.13. The van der Waals surface area contributed by atoms with Crippen molar-refractivity contribution >= 4 is 45.4 Å². The number of fused-ring (bicyclic) bond motifs is 1. The number of thiazole rings is 1. The van der Waals surface area contributed by atoms with Gasteiger partial charge in [0.1, 0.15) is 16.3 Å². The van der Waals surface area contributed by atoms with Crippen LogP contribution in [0.1, 0.15) is 18.2 Å². The van der Waals surface area contributed by atoms with Crippen LogP contribution in [0.15, 0.2) is 59.3 Å². The Morgan fingerprint density at radius 2 is 1.90 bits per heavy atom. The molecule has 1 fully saturated rings. The van der Waals surface area contributed by atoms with Gasteiger partial charge in [-0.2, -0.15) is 0 Å². The summed E-state index contributed by atoms with van der Waals surface area (Å²) in [6.07, 6.45) is 0. The number of urea groups is 1. The summed E-state index contributed by atoms with van der Waals surface area (Å²) in [4.78, 5) is 33.0. The van der Waals surface area contributed by atoms with Gasteiger partial charge in [0, 0.05) is 5.38 Å². The Labute approximate surface area is 187 Å². The maximum atomic E-state index is 13.3. The Kier molecular flexibility index (Phi) is 4.75. The van der Waals surface area contributed by atoms with Gasteiger partial charge in [0.05, 0.1) is 24.2 Å². The molecular weight excluding hydrogens is 430 g/mol. The summed E-state index contributed by atoms with van der Waals surface area (Å²) in [5.74, 6) is 0.490. The van der Waals surface area contributed by atoms with Crippen molar-refractivity contribution in [2.24, 2.45) is 0 Å². The number of aromatic nitrogens is 1. The molecule has 0 unspecified atom stereocenters. The maximum Gasteiger partial charge on any atom is 0.325 e. The second kappa shape index (κ2) is 7.47. The normalized spacial score (nSPS) is 18.6. The number of nitrogens with zero attached hydrogens (tertiary/aromatic N) is 2. The molecule has 1 saturated heterocycles. The minimum absolute atomic E-state index is 0.146. The van der Waals surface area contributed by atoms with Gasteiger partial charge in [-0.3, -0.25) is 9.69 Å². The minimum atomic E-state index is -1.13. The number of nitrogens with one attached hydrogen (secondary N) is 1. The smallest absolute Gasteiger partial charge is 0.325 e. The van der Waals surface area contributed by atoms with E-state index in [-0.39, 0.29) is 12.5 Å². The van der Waals surface area contributed by atoms with Gasteiger partial charge in [-0.25, -0.2) is 9.78 Å². The number of methoxy groups -OCH3 is 1. The second-order valence-electron chi connectivity index (χ2n) is 7.50. The number of carbonyl (C=O) groups is 2. The first-order chi connectivity index (χ1) is 15.0. The molecule has 3 heterocycles. The Bertz CT molecular complexity index is 1300. The number of hydrogen-bond donors (Lipinski definition) is 1. The molecule has 0 aliphatic carbocycles. The zero-order valence-electron chi connectivity index (χ0n) is 16.9. The molecule has 1 aliphatic rings. The third-order valence-corrected chi connectivity index (χ3v) is 7.43. The number of benzene rings is 2. The Hall–Kier alpha value is -3.23. The molecule has 31 heavy (non-hydrogen) atoms. The summed E-state index contributed by atoms with van der Waals surface area (Å²) in [6.45, 7) is 1.89. The third kappa shape index (κ3) is 3.37. The number of rotatable bonds is 5. The van der Waals surface area contributed by atoms with Gasteiger partial charge in [-0.1, -0.05) is 24.3 Å². The van der Waals surface area contributed by atoms with Gasteiger partial charge >= 0.3 is 6.03 Å². The van der Waals surface area contributed by atoms with Crippen LogP contribution in [0, 0.1) is 0 Å². The van der Waals surface area contributed by atoms with Crippen LogP contribution < -0.4 is 10.1 Å². The molecule has 0 bridgehead atoms. The SMILES string of the molecule is COc1ccc2cc([C@]3(C)NC(=O)N(Cc4csc(-c5cccs5)n4)C3=O)ccc2c1. The topological polar surface area (TPSA) is 71.5 Å². The van der Waals surface area contributed by atoms with E-state index in [1.165, 1.54) is 16.2 Å². The van der Waals surface area contributed by atoms with Crippen molar-refractivity contribution in [3.63, 3.8) is 0 Å². The van der Waals surface area contributed by atoms with E-state index < -0.39 is 11.6 Å². The molecule has 0 spiro atoms. The molecule has 156 valence electrons. The maximum absolute atomic E-state index is 13.3. The lowest BCUT2D eigenvalue weighted by atomic mass is 9.90. The predicted molar refractivity (Wildman–Crippen MR) is 122 cm³/mol. The highest BCUT2D eigenvalue weighted by atomic mass is 32.1. The predicted octanol–water partition coefficient (Wildman–Crippen LogP) is 5.00. The van der Waals surface area contributed by atoms with Crippen molar-refractivity contribution in [1.29, 1.82) is 0 Å². The van der Waals surface area contributed by atoms with Crippen LogP contribution in [0.5, 0.6) is 5.75 Å². The average Bonchev–Trinajstić information content (AvgIpc) is 3.51. The van der Waals surface area contributed by atoms with E-state index in [0.29, 0.717) is 5.69 Å². The van der Waals surface area contributed by atoms with Gasteiger partial charge in [0.25, 0.3) is 5.91 Å². The van der Waals surface area contributed by atoms with E-state index in [9.17, 15) is 9.59 Å². The third-order valence-electron chi connectivity index (χ3n) is 5.50. The van der Waals surface area contributed by atoms with Crippen LogP contribution in [0.3, 0.4) is 0 Å². The molecule has 2 aromatic carbocycles. The molecule has 1 atom stereocenters. The van der Waals surface area contributed by atoms with Gasteiger partial charge in [0.15, 0.2) is 0 Å². The van der Waals surface area contributed by atoms with Crippen LogP contribution in [0.4, 0.5) is 4.79 Å². The van der Waals surface area contributed by atoms with E-state index in [1.807, 2.05) is 59.3 Å². The number of hydrogen-bond acceptors (Lipinski definition) is 6. The Morgan fingerprint density at radius 3 is 2.68 bits per heavy atom. The molecule has 1 aliphatic heterocycles. The monoisotopic (exact) mass is 449 g/mol. The minimum Gasteiger partial charge on any atom is -0.497 e. The van der Waals surface area contributed by atoms with Crippen LogP contribution in [-0.2, 0) is 16.9 Å². The highest BCUT2D eigenvalue weighted by Gasteiger charge is 2.49. The molecule has 6 nitrogen and oxygen atoms in total. The van der Waals surface area contributed by atoms with E-state index in [4.69, 9.17) is 4.74 Å². The summed E-state index contributed by atoms with van der Waals surface area (Å²) in [7, 11) is 1.63. The number of imide groups is 1. The Morgan fingerprint density at radius 1 is 1.10 bits per heavy atom. The molecule has 0 saturated carbocycles. The molecule has 0 radical (unpaired) electrons. The largest absolute Gasteiger partial charge is 0.497 e. The number of ether oxygens (including phenoxy) is 1. The Balaban J connectivity index is 1.42. The highest BCUT2D eigenvalue weighted by Crippen LogP contribution is 2.33. The first kappa shape index (κ1) is 19.7. The van der Waals surface area contributed by atoms with Crippen molar-refractivity contribution in [1.82, 2.24) is 15.2 Å². The summed E-state index contributed by atoms with van der Waals surface area (Å²) in [6, 6.07) is 15.1. The second-order valence-corrected chi connectivity index (χ2v) is 9.30. The molecule has 8 heteroatoms. The number of carbonyl (C=O) groups excluding carboxylic acids is 2. The van der Waals surface area contributed by atoms with Crippen molar-refractivity contribution < 1.29 is 14.3 Å². The van der Waals surface area contributed by atoms with Crippen LogP contribution in [-0.4, -0.2) is 28.9 Å². The van der Waals surface area contributed by atoms with E-state index in [0.717, 1.165) is 32.0 Å². The number of thiophene rings is 1. The van der Waals surface area contributed by atoms with Crippen LogP contribution >= 0.6 is 22.7 Å². The van der Waals surface area contributed by atoms with Gasteiger partial charge < -0.3 is 10.1 Å². The van der Waals surface area contributed by atoms with Crippen molar-refractivity contribution in [2.75, 3.05) is 7.11 Å². The number of amides is 3. The molecule has 2 aromatic heterocycles. The van der Waals surface area contributed by atoms with Crippen LogP contribution in [0.25, 0.3) is 20.7 Å². The first-order valence-corrected chi connectivity index (χ1v) is 11.4. The fourth-order valence-corrected chi connectivity index (χ4v) is 5.38. The lowest BCUT2D eigenvalue weighted by molar-refractivity contribution is -0.131. The molecule has 3 amide bonds. The fourth-order valence-electron chi connectivity index (χ4n) is 3.75. The molecule has 4 aromatic rings. The summed E-state index contributed by atoms with van der Waals surface area (Å²) < 4.78 is 5.28. The summed E-state index contributed by atoms with van der Waals surface area (Å²) in [5, 5.41) is 9.64. The summed E-state index contributed by atoms with van der Waals surface area (Å²) in [5.41, 5.74) is 0.313. The van der Waals surface area contributed by atoms with E-state index in [1.54, 1.807) is 25.4 Å². The van der Waals surface area contributed by atoms with E-state index >= 15 is 0 Å². The quantitative estimate of drug-likeness (QED) is 0.435. The van der Waals surface area contributed by atoms with Gasteiger partial charge in [0.2, 0.25) is 0 Å². The molecule has 1 N–H and O–H groups in total. The zero-order valence-corrected chi connectivity index (χ0v) is 18.5. The average molecular weight is 450 g/mol. The molecular formula is C23H19N3O3S2. The van der Waals surface area contributed by atoms with Crippen molar-refractivity contribution in [3.8, 4) is 15.6 Å².